The molecule has 2 aromatic heterocycles. The van der Waals surface area contributed by atoms with Crippen molar-refractivity contribution in [2.75, 3.05) is 0 Å². The zero-order chi connectivity index (χ0) is 21.1. The normalized spacial score (nSPS) is 11.8. The summed E-state index contributed by atoms with van der Waals surface area (Å²) in [6, 6.07) is 15.8. The maximum Gasteiger partial charge on any atom is 0.334 e. The molecule has 2 heterocycles. The number of furan rings is 1. The van der Waals surface area contributed by atoms with Gasteiger partial charge in [0, 0.05) is 15.8 Å². The second-order valence-corrected chi connectivity index (χ2v) is 7.58. The van der Waals surface area contributed by atoms with Gasteiger partial charge in [0.2, 0.25) is 0 Å². The number of halogens is 1. The molecular formula is C22H18FN3O3S. The summed E-state index contributed by atoms with van der Waals surface area (Å²) in [4.78, 5) is 25.8. The summed E-state index contributed by atoms with van der Waals surface area (Å²) in [7, 11) is 0. The first-order chi connectivity index (χ1) is 14.5. The van der Waals surface area contributed by atoms with Crippen LogP contribution in [0.1, 0.15) is 32.6 Å². The molecule has 0 fully saturated rings. The van der Waals surface area contributed by atoms with Crippen LogP contribution in [0.2, 0.25) is 0 Å². The topological polar surface area (TPSA) is 83.4 Å². The van der Waals surface area contributed by atoms with Crippen LogP contribution in [0.25, 0.3) is 11.0 Å². The number of urea groups is 1. The number of thiophene rings is 1. The first-order valence-electron chi connectivity index (χ1n) is 9.17. The van der Waals surface area contributed by atoms with Crippen LogP contribution in [0.5, 0.6) is 0 Å². The van der Waals surface area contributed by atoms with Gasteiger partial charge >= 0.3 is 11.9 Å². The third-order valence-corrected chi connectivity index (χ3v) is 5.58. The van der Waals surface area contributed by atoms with E-state index < -0.39 is 18.0 Å². The first-order valence-corrected chi connectivity index (χ1v) is 10.0. The lowest BCUT2D eigenvalue weighted by Crippen LogP contribution is -2.48. The fourth-order valence-electron chi connectivity index (χ4n) is 3.16. The van der Waals surface area contributed by atoms with Gasteiger partial charge < -0.3 is 9.73 Å². The third-order valence-electron chi connectivity index (χ3n) is 4.65. The lowest BCUT2D eigenvalue weighted by molar-refractivity contribution is 0.0909. The van der Waals surface area contributed by atoms with E-state index in [0.29, 0.717) is 16.7 Å². The maximum atomic E-state index is 13.3. The summed E-state index contributed by atoms with van der Waals surface area (Å²) in [6.45, 7) is 1.78. The molecule has 0 saturated heterocycles. The van der Waals surface area contributed by atoms with Crippen molar-refractivity contribution in [3.05, 3.63) is 93.6 Å². The van der Waals surface area contributed by atoms with Crippen molar-refractivity contribution in [3.8, 4) is 0 Å². The molecule has 0 aliphatic carbocycles. The number of carbonyl (C=O) groups excluding carboxylic acids is 2. The number of rotatable bonds is 4. The Morgan fingerprint density at radius 2 is 1.77 bits per heavy atom. The molecule has 4 rings (SSSR count). The summed E-state index contributed by atoms with van der Waals surface area (Å²) in [6.07, 6.45) is 0. The Morgan fingerprint density at radius 1 is 1.00 bits per heavy atom. The van der Waals surface area contributed by atoms with Gasteiger partial charge in [0.15, 0.2) is 5.76 Å². The molecule has 0 aliphatic heterocycles. The Kier molecular flexibility index (Phi) is 5.49. The molecule has 0 radical (unpaired) electrons. The van der Waals surface area contributed by atoms with Gasteiger partial charge in [-0.1, -0.05) is 36.4 Å². The summed E-state index contributed by atoms with van der Waals surface area (Å²) < 4.78 is 18.9. The minimum Gasteiger partial charge on any atom is -0.451 e. The number of aryl methyl sites for hydroxylation is 1. The molecule has 8 heteroatoms. The standard InChI is InChI=1S/C22H18FN3O3S/c1-13-16-5-2-3-6-17(16)29-20(13)21(27)25-26-22(28)24-19(18-7-4-12-30-18)14-8-10-15(23)11-9-14/h2-12,19H,1H3,(H,25,27)(H2,24,26,28)/t19-/m1/s1. The number of amides is 3. The van der Waals surface area contributed by atoms with E-state index in [1.807, 2.05) is 35.7 Å². The minimum atomic E-state index is -0.611. The maximum absolute atomic E-state index is 13.3. The average molecular weight is 423 g/mol. The Morgan fingerprint density at radius 3 is 2.47 bits per heavy atom. The van der Waals surface area contributed by atoms with Gasteiger partial charge in [0.1, 0.15) is 11.4 Å². The van der Waals surface area contributed by atoms with E-state index in [9.17, 15) is 14.0 Å². The predicted molar refractivity (Wildman–Crippen MR) is 113 cm³/mol. The third kappa shape index (κ3) is 4.04. The number of nitrogens with one attached hydrogen (secondary N) is 3. The summed E-state index contributed by atoms with van der Waals surface area (Å²) >= 11 is 1.46. The van der Waals surface area contributed by atoms with Crippen LogP contribution in [0.15, 0.2) is 70.5 Å². The lowest BCUT2D eigenvalue weighted by Gasteiger charge is -2.18. The fraction of sp³-hybridized carbons (Fsp3) is 0.0909. The van der Waals surface area contributed by atoms with E-state index in [2.05, 4.69) is 16.2 Å². The van der Waals surface area contributed by atoms with Crippen LogP contribution in [0.4, 0.5) is 9.18 Å². The van der Waals surface area contributed by atoms with Gasteiger partial charge in [-0.3, -0.25) is 10.2 Å². The number of hydrogen-bond donors (Lipinski definition) is 3. The quantitative estimate of drug-likeness (QED) is 0.417. The molecule has 3 N–H and O–H groups in total. The number of para-hydroxylation sites is 1. The molecule has 0 saturated carbocycles. The van der Waals surface area contributed by atoms with Crippen molar-refractivity contribution < 1.29 is 18.4 Å². The molecule has 4 aromatic rings. The van der Waals surface area contributed by atoms with Crippen molar-refractivity contribution >= 4 is 34.2 Å². The van der Waals surface area contributed by atoms with Crippen LogP contribution in [-0.4, -0.2) is 11.9 Å². The average Bonchev–Trinajstić information content (AvgIpc) is 3.40. The molecule has 3 amide bonds. The van der Waals surface area contributed by atoms with Gasteiger partial charge in [0.25, 0.3) is 0 Å². The van der Waals surface area contributed by atoms with E-state index in [0.717, 1.165) is 10.3 Å². The van der Waals surface area contributed by atoms with Crippen LogP contribution < -0.4 is 16.2 Å². The van der Waals surface area contributed by atoms with Gasteiger partial charge in [-0.05, 0) is 42.1 Å². The molecular weight excluding hydrogens is 405 g/mol. The molecule has 152 valence electrons. The first kappa shape index (κ1) is 19.7. The molecule has 6 nitrogen and oxygen atoms in total. The van der Waals surface area contributed by atoms with Gasteiger partial charge in [0.05, 0.1) is 6.04 Å². The van der Waals surface area contributed by atoms with Crippen molar-refractivity contribution in [1.82, 2.24) is 16.2 Å². The molecule has 2 aromatic carbocycles. The smallest absolute Gasteiger partial charge is 0.334 e. The van der Waals surface area contributed by atoms with Crippen LogP contribution >= 0.6 is 11.3 Å². The molecule has 30 heavy (non-hydrogen) atoms. The van der Waals surface area contributed by atoms with E-state index in [4.69, 9.17) is 4.42 Å². The van der Waals surface area contributed by atoms with E-state index in [1.165, 1.54) is 23.5 Å². The van der Waals surface area contributed by atoms with Crippen LogP contribution in [0, 0.1) is 12.7 Å². The van der Waals surface area contributed by atoms with Gasteiger partial charge in [-0.15, -0.1) is 11.3 Å². The Labute approximate surface area is 175 Å². The van der Waals surface area contributed by atoms with Gasteiger partial charge in [-0.25, -0.2) is 14.6 Å². The second kappa shape index (κ2) is 8.38. The number of carbonyl (C=O) groups is 2. The molecule has 0 aliphatic rings. The van der Waals surface area contributed by atoms with Crippen molar-refractivity contribution in [2.24, 2.45) is 0 Å². The SMILES string of the molecule is Cc1c(C(=O)NNC(=O)N[C@H](c2ccc(F)cc2)c2cccs2)oc2ccccc12. The molecule has 0 spiro atoms. The monoisotopic (exact) mass is 423 g/mol. The lowest BCUT2D eigenvalue weighted by atomic mass is 10.1. The highest BCUT2D eigenvalue weighted by atomic mass is 32.1. The second-order valence-electron chi connectivity index (χ2n) is 6.60. The van der Waals surface area contributed by atoms with E-state index in [-0.39, 0.29) is 11.6 Å². The van der Waals surface area contributed by atoms with Gasteiger partial charge in [-0.2, -0.15) is 0 Å². The highest BCUT2D eigenvalue weighted by Gasteiger charge is 2.20. The predicted octanol–water partition coefficient (Wildman–Crippen LogP) is 4.68. The molecule has 1 atom stereocenters. The largest absolute Gasteiger partial charge is 0.451 e. The Balaban J connectivity index is 1.45. The summed E-state index contributed by atoms with van der Waals surface area (Å²) in [5.41, 5.74) is 6.71. The van der Waals surface area contributed by atoms with Crippen molar-refractivity contribution in [3.63, 3.8) is 0 Å². The van der Waals surface area contributed by atoms with E-state index >= 15 is 0 Å². The number of benzene rings is 2. The minimum absolute atomic E-state index is 0.129. The van der Waals surface area contributed by atoms with Crippen LogP contribution in [0.3, 0.4) is 0 Å². The zero-order valence-corrected chi connectivity index (χ0v) is 16.8. The van der Waals surface area contributed by atoms with Crippen molar-refractivity contribution in [1.29, 1.82) is 0 Å². The summed E-state index contributed by atoms with van der Waals surface area (Å²) in [5, 5.41) is 5.52. The van der Waals surface area contributed by atoms with E-state index in [1.54, 1.807) is 25.1 Å². The van der Waals surface area contributed by atoms with Crippen molar-refractivity contribution in [2.45, 2.75) is 13.0 Å². The molecule has 0 bridgehead atoms. The highest BCUT2D eigenvalue weighted by molar-refractivity contribution is 7.10. The highest BCUT2D eigenvalue weighted by Crippen LogP contribution is 2.26. The number of hydrogen-bond acceptors (Lipinski definition) is 4. The Hall–Kier alpha value is -3.65. The fourth-order valence-corrected chi connectivity index (χ4v) is 3.96. The molecule has 0 unspecified atom stereocenters. The number of fused-ring (bicyclic) bond motifs is 1. The zero-order valence-electron chi connectivity index (χ0n) is 15.9. The summed E-state index contributed by atoms with van der Waals surface area (Å²) in [5.74, 6) is -0.792. The Bertz CT molecular complexity index is 1190. The number of hydrazine groups is 1. The van der Waals surface area contributed by atoms with Crippen LogP contribution in [-0.2, 0) is 0 Å².